The third-order valence-corrected chi connectivity index (χ3v) is 4.13. The van der Waals surface area contributed by atoms with Gasteiger partial charge in [0.15, 0.2) is 0 Å². The highest BCUT2D eigenvalue weighted by Gasteiger charge is 2.15. The highest BCUT2D eigenvalue weighted by molar-refractivity contribution is 5.78. The van der Waals surface area contributed by atoms with Gasteiger partial charge in [-0.1, -0.05) is 25.3 Å². The molecule has 2 N–H and O–H groups in total. The fraction of sp³-hybridized carbons (Fsp3) is 0.588. The second-order valence-corrected chi connectivity index (χ2v) is 5.90. The summed E-state index contributed by atoms with van der Waals surface area (Å²) in [4.78, 5) is 11.8. The Labute approximate surface area is 126 Å². The Morgan fingerprint density at radius 1 is 1.29 bits per heavy atom. The van der Waals surface area contributed by atoms with Crippen LogP contribution < -0.4 is 10.6 Å². The summed E-state index contributed by atoms with van der Waals surface area (Å²) < 4.78 is 13.0. The zero-order valence-electron chi connectivity index (χ0n) is 12.8. The molecule has 0 atom stereocenters. The van der Waals surface area contributed by atoms with Crippen molar-refractivity contribution in [3.63, 3.8) is 0 Å². The maximum atomic E-state index is 13.0. The minimum atomic E-state index is -0.198. The van der Waals surface area contributed by atoms with Crippen LogP contribution in [0.4, 0.5) is 4.39 Å². The van der Waals surface area contributed by atoms with Gasteiger partial charge in [-0.05, 0) is 56.0 Å². The Kier molecular flexibility index (Phi) is 6.18. The molecule has 1 aromatic carbocycles. The number of halogens is 1. The van der Waals surface area contributed by atoms with Crippen molar-refractivity contribution in [2.45, 2.75) is 51.5 Å². The van der Waals surface area contributed by atoms with Crippen molar-refractivity contribution in [3.8, 4) is 0 Å². The molecule has 1 aliphatic carbocycles. The van der Waals surface area contributed by atoms with E-state index in [9.17, 15) is 9.18 Å². The summed E-state index contributed by atoms with van der Waals surface area (Å²) in [5.41, 5.74) is 2.08. The molecule has 0 aromatic heterocycles. The summed E-state index contributed by atoms with van der Waals surface area (Å²) in [5.74, 6) is -0.117. The van der Waals surface area contributed by atoms with Gasteiger partial charge in [-0.3, -0.25) is 4.79 Å². The van der Waals surface area contributed by atoms with Crippen molar-refractivity contribution < 1.29 is 9.18 Å². The quantitative estimate of drug-likeness (QED) is 0.792. The molecule has 1 aromatic rings. The molecule has 0 radical (unpaired) electrons. The molecule has 0 saturated heterocycles. The predicted octanol–water partition coefficient (Wildman–Crippen LogP) is 2.72. The van der Waals surface area contributed by atoms with Crippen molar-refractivity contribution in [1.29, 1.82) is 0 Å². The minimum absolute atomic E-state index is 0.0812. The van der Waals surface area contributed by atoms with Crippen LogP contribution in [0.2, 0.25) is 0 Å². The molecule has 21 heavy (non-hydrogen) atoms. The summed E-state index contributed by atoms with van der Waals surface area (Å²) >= 11 is 0. The molecule has 1 aliphatic rings. The highest BCUT2D eigenvalue weighted by Crippen LogP contribution is 2.17. The van der Waals surface area contributed by atoms with Crippen LogP contribution in [0.1, 0.15) is 43.2 Å². The van der Waals surface area contributed by atoms with E-state index in [1.54, 1.807) is 6.07 Å². The summed E-state index contributed by atoms with van der Waals surface area (Å²) in [6.45, 7) is 3.00. The molecule has 1 saturated carbocycles. The maximum absolute atomic E-state index is 13.0. The molecule has 2 rings (SSSR count). The first-order chi connectivity index (χ1) is 10.1. The topological polar surface area (TPSA) is 41.1 Å². The standard InChI is InChI=1S/C17H25FN2O/c1-13-11-15(18)8-7-14(13)9-10-19-12-17(21)20-16-5-3-2-4-6-16/h7-8,11,16,19H,2-6,9-10,12H2,1H3,(H,20,21). The average Bonchev–Trinajstić information content (AvgIpc) is 2.46. The Hall–Kier alpha value is -1.42. The fourth-order valence-corrected chi connectivity index (χ4v) is 2.89. The first kappa shape index (κ1) is 16.0. The van der Waals surface area contributed by atoms with Crippen LogP contribution in [-0.4, -0.2) is 25.0 Å². The lowest BCUT2D eigenvalue weighted by molar-refractivity contribution is -0.121. The van der Waals surface area contributed by atoms with Gasteiger partial charge in [-0.2, -0.15) is 0 Å². The van der Waals surface area contributed by atoms with Crippen molar-refractivity contribution >= 4 is 5.91 Å². The van der Waals surface area contributed by atoms with E-state index in [4.69, 9.17) is 0 Å². The SMILES string of the molecule is Cc1cc(F)ccc1CCNCC(=O)NC1CCCCC1. The summed E-state index contributed by atoms with van der Waals surface area (Å²) in [6, 6.07) is 5.21. The second kappa shape index (κ2) is 8.13. The number of aryl methyl sites for hydroxylation is 1. The first-order valence-electron chi connectivity index (χ1n) is 7.90. The smallest absolute Gasteiger partial charge is 0.234 e. The van der Waals surface area contributed by atoms with Gasteiger partial charge >= 0.3 is 0 Å². The number of carbonyl (C=O) groups is 1. The second-order valence-electron chi connectivity index (χ2n) is 5.90. The van der Waals surface area contributed by atoms with E-state index in [2.05, 4.69) is 10.6 Å². The highest BCUT2D eigenvalue weighted by atomic mass is 19.1. The zero-order chi connectivity index (χ0) is 15.1. The van der Waals surface area contributed by atoms with Crippen molar-refractivity contribution in [2.24, 2.45) is 0 Å². The third kappa shape index (κ3) is 5.46. The molecule has 0 unspecified atom stereocenters. The molecule has 0 bridgehead atoms. The van der Waals surface area contributed by atoms with Gasteiger partial charge in [0.2, 0.25) is 5.91 Å². The van der Waals surface area contributed by atoms with Crippen LogP contribution in [0, 0.1) is 12.7 Å². The predicted molar refractivity (Wildman–Crippen MR) is 82.7 cm³/mol. The van der Waals surface area contributed by atoms with Crippen LogP contribution in [0.3, 0.4) is 0 Å². The van der Waals surface area contributed by atoms with Gasteiger partial charge in [-0.25, -0.2) is 4.39 Å². The van der Waals surface area contributed by atoms with Gasteiger partial charge in [0, 0.05) is 6.04 Å². The molecule has 1 fully saturated rings. The number of hydrogen-bond acceptors (Lipinski definition) is 2. The molecule has 0 aliphatic heterocycles. The molecule has 116 valence electrons. The summed E-state index contributed by atoms with van der Waals surface area (Å²) in [6.07, 6.45) is 6.77. The van der Waals surface area contributed by atoms with Crippen LogP contribution in [0.15, 0.2) is 18.2 Å². The maximum Gasteiger partial charge on any atom is 0.234 e. The van der Waals surface area contributed by atoms with E-state index in [1.807, 2.05) is 13.0 Å². The van der Waals surface area contributed by atoms with E-state index in [1.165, 1.54) is 25.3 Å². The van der Waals surface area contributed by atoms with Gasteiger partial charge in [-0.15, -0.1) is 0 Å². The van der Waals surface area contributed by atoms with Gasteiger partial charge in [0.1, 0.15) is 5.82 Å². The molecular weight excluding hydrogens is 267 g/mol. The molecular formula is C17H25FN2O. The summed E-state index contributed by atoms with van der Waals surface area (Å²) in [5, 5.41) is 6.24. The Morgan fingerprint density at radius 2 is 2.05 bits per heavy atom. The van der Waals surface area contributed by atoms with Gasteiger partial charge < -0.3 is 10.6 Å². The van der Waals surface area contributed by atoms with E-state index < -0.39 is 0 Å². The van der Waals surface area contributed by atoms with E-state index in [0.717, 1.165) is 36.9 Å². The van der Waals surface area contributed by atoms with Crippen molar-refractivity contribution in [3.05, 3.63) is 35.1 Å². The lowest BCUT2D eigenvalue weighted by Gasteiger charge is -2.22. The number of carbonyl (C=O) groups excluding carboxylic acids is 1. The van der Waals surface area contributed by atoms with E-state index in [0.29, 0.717) is 12.6 Å². The number of benzene rings is 1. The molecule has 1 amide bonds. The normalized spacial score (nSPS) is 15.9. The minimum Gasteiger partial charge on any atom is -0.352 e. The fourth-order valence-electron chi connectivity index (χ4n) is 2.89. The van der Waals surface area contributed by atoms with Crippen LogP contribution in [0.25, 0.3) is 0 Å². The number of hydrogen-bond donors (Lipinski definition) is 2. The Balaban J connectivity index is 1.63. The lowest BCUT2D eigenvalue weighted by Crippen LogP contribution is -2.41. The Morgan fingerprint density at radius 3 is 2.76 bits per heavy atom. The largest absolute Gasteiger partial charge is 0.352 e. The summed E-state index contributed by atoms with van der Waals surface area (Å²) in [7, 11) is 0. The monoisotopic (exact) mass is 292 g/mol. The number of amides is 1. The Bertz CT molecular complexity index is 470. The average molecular weight is 292 g/mol. The first-order valence-corrected chi connectivity index (χ1v) is 7.90. The zero-order valence-corrected chi connectivity index (χ0v) is 12.8. The van der Waals surface area contributed by atoms with Crippen molar-refractivity contribution in [2.75, 3.05) is 13.1 Å². The third-order valence-electron chi connectivity index (χ3n) is 4.13. The van der Waals surface area contributed by atoms with Gasteiger partial charge in [0.25, 0.3) is 0 Å². The molecule has 4 heteroatoms. The number of nitrogens with one attached hydrogen (secondary N) is 2. The van der Waals surface area contributed by atoms with Crippen LogP contribution in [-0.2, 0) is 11.2 Å². The molecule has 0 heterocycles. The lowest BCUT2D eigenvalue weighted by atomic mass is 9.95. The van der Waals surface area contributed by atoms with E-state index in [-0.39, 0.29) is 11.7 Å². The van der Waals surface area contributed by atoms with Crippen LogP contribution in [0.5, 0.6) is 0 Å². The van der Waals surface area contributed by atoms with Crippen LogP contribution >= 0.6 is 0 Å². The molecule has 3 nitrogen and oxygen atoms in total. The van der Waals surface area contributed by atoms with Gasteiger partial charge in [0.05, 0.1) is 6.54 Å². The number of rotatable bonds is 6. The van der Waals surface area contributed by atoms with E-state index >= 15 is 0 Å². The molecule has 0 spiro atoms. The van der Waals surface area contributed by atoms with Crippen molar-refractivity contribution in [1.82, 2.24) is 10.6 Å².